The normalized spacial score (nSPS) is 23.9. The van der Waals surface area contributed by atoms with Crippen LogP contribution in [-0.4, -0.2) is 79.9 Å². The Morgan fingerprint density at radius 2 is 2.12 bits per heavy atom. The summed E-state index contributed by atoms with van der Waals surface area (Å²) in [4.78, 5) is 13.4. The van der Waals surface area contributed by atoms with Crippen LogP contribution in [0.2, 0.25) is 0 Å². The van der Waals surface area contributed by atoms with Gasteiger partial charge >= 0.3 is 0 Å². The van der Waals surface area contributed by atoms with E-state index < -0.39 is 9.84 Å². The van der Waals surface area contributed by atoms with Crippen LogP contribution in [0.4, 0.5) is 5.13 Å². The van der Waals surface area contributed by atoms with Crippen molar-refractivity contribution in [2.45, 2.75) is 19.8 Å². The largest absolute Gasteiger partial charge is 0.356 e. The van der Waals surface area contributed by atoms with Crippen molar-refractivity contribution in [2.75, 3.05) is 56.2 Å². The Morgan fingerprint density at radius 3 is 2.68 bits per heavy atom. The molecule has 1 atom stereocenters. The monoisotopic (exact) mass is 386 g/mol. The van der Waals surface area contributed by atoms with Gasteiger partial charge in [-0.3, -0.25) is 4.99 Å². The molecule has 0 aliphatic carbocycles. The van der Waals surface area contributed by atoms with Crippen molar-refractivity contribution in [1.82, 2.24) is 19.6 Å². The van der Waals surface area contributed by atoms with E-state index in [1.165, 1.54) is 11.5 Å². The fourth-order valence-electron chi connectivity index (χ4n) is 3.23. The van der Waals surface area contributed by atoms with Crippen molar-refractivity contribution in [3.8, 4) is 0 Å². The summed E-state index contributed by atoms with van der Waals surface area (Å²) in [6.45, 7) is 6.23. The number of aliphatic imine (C=N–C) groups is 1. The van der Waals surface area contributed by atoms with Gasteiger partial charge in [0, 0.05) is 57.7 Å². The maximum atomic E-state index is 11.6. The molecule has 0 spiro atoms. The van der Waals surface area contributed by atoms with Gasteiger partial charge < -0.3 is 15.1 Å². The summed E-state index contributed by atoms with van der Waals surface area (Å²) in [7, 11) is -1.05. The van der Waals surface area contributed by atoms with E-state index in [4.69, 9.17) is 0 Å². The molecule has 1 N–H and O–H groups in total. The SMILES string of the molecule is CCc1nsc(N2CCN(C(=NC)NCC3CCS(=O)(=O)C3)CC2)n1. The summed E-state index contributed by atoms with van der Waals surface area (Å²) in [6.07, 6.45) is 1.61. The van der Waals surface area contributed by atoms with Crippen LogP contribution in [0.1, 0.15) is 19.2 Å². The summed E-state index contributed by atoms with van der Waals surface area (Å²) in [5.41, 5.74) is 0. The molecule has 0 amide bonds. The number of sulfone groups is 1. The minimum atomic E-state index is -2.83. The fraction of sp³-hybridized carbons (Fsp3) is 0.800. The lowest BCUT2D eigenvalue weighted by atomic mass is 10.1. The van der Waals surface area contributed by atoms with Crippen molar-refractivity contribution in [1.29, 1.82) is 0 Å². The van der Waals surface area contributed by atoms with Crippen molar-refractivity contribution in [2.24, 2.45) is 10.9 Å². The van der Waals surface area contributed by atoms with E-state index in [1.807, 2.05) is 0 Å². The van der Waals surface area contributed by atoms with Crippen LogP contribution in [-0.2, 0) is 16.3 Å². The third-order valence-electron chi connectivity index (χ3n) is 4.71. The smallest absolute Gasteiger partial charge is 0.205 e. The van der Waals surface area contributed by atoms with E-state index in [1.54, 1.807) is 7.05 Å². The maximum Gasteiger partial charge on any atom is 0.205 e. The molecule has 2 fully saturated rings. The van der Waals surface area contributed by atoms with Crippen LogP contribution in [0.3, 0.4) is 0 Å². The summed E-state index contributed by atoms with van der Waals surface area (Å²) in [5, 5.41) is 4.35. The Labute approximate surface area is 153 Å². The number of guanidine groups is 1. The fourth-order valence-corrected chi connectivity index (χ4v) is 5.89. The summed E-state index contributed by atoms with van der Waals surface area (Å²) in [6, 6.07) is 0. The second kappa shape index (κ2) is 7.86. The van der Waals surface area contributed by atoms with Gasteiger partial charge in [-0.25, -0.2) is 13.4 Å². The number of hydrogen-bond acceptors (Lipinski definition) is 7. The van der Waals surface area contributed by atoms with E-state index in [2.05, 4.69) is 36.4 Å². The van der Waals surface area contributed by atoms with Crippen molar-refractivity contribution in [3.05, 3.63) is 5.82 Å². The molecule has 8 nitrogen and oxygen atoms in total. The average Bonchev–Trinajstić information content (AvgIpc) is 3.22. The van der Waals surface area contributed by atoms with E-state index in [9.17, 15) is 8.42 Å². The number of anilines is 1. The summed E-state index contributed by atoms with van der Waals surface area (Å²) < 4.78 is 27.5. The highest BCUT2D eigenvalue weighted by atomic mass is 32.2. The average molecular weight is 387 g/mol. The number of aryl methyl sites for hydroxylation is 1. The number of nitrogens with zero attached hydrogens (tertiary/aromatic N) is 5. The zero-order valence-corrected chi connectivity index (χ0v) is 16.4. The standard InChI is InChI=1S/C15H26N6O2S2/c1-3-13-18-15(24-19-13)21-7-5-20(6-8-21)14(16-2)17-10-12-4-9-25(22,23)11-12/h12H,3-11H2,1-2H3,(H,16,17). The van der Waals surface area contributed by atoms with Gasteiger partial charge in [0.05, 0.1) is 11.5 Å². The summed E-state index contributed by atoms with van der Waals surface area (Å²) >= 11 is 1.47. The van der Waals surface area contributed by atoms with Gasteiger partial charge in [-0.05, 0) is 12.3 Å². The number of aromatic nitrogens is 2. The van der Waals surface area contributed by atoms with Gasteiger partial charge in [-0.1, -0.05) is 6.92 Å². The Hall–Kier alpha value is -1.42. The van der Waals surface area contributed by atoms with Crippen LogP contribution >= 0.6 is 11.5 Å². The lowest BCUT2D eigenvalue weighted by molar-refractivity contribution is 0.369. The van der Waals surface area contributed by atoms with E-state index in [-0.39, 0.29) is 5.92 Å². The number of rotatable bonds is 4. The molecule has 3 rings (SSSR count). The van der Waals surface area contributed by atoms with Crippen LogP contribution in [0.15, 0.2) is 4.99 Å². The van der Waals surface area contributed by atoms with Crippen molar-refractivity contribution < 1.29 is 8.42 Å². The second-order valence-corrected chi connectivity index (χ2v) is 9.48. The molecule has 2 aliphatic heterocycles. The molecule has 3 heterocycles. The van der Waals surface area contributed by atoms with Crippen molar-refractivity contribution in [3.63, 3.8) is 0 Å². The van der Waals surface area contributed by atoms with E-state index >= 15 is 0 Å². The van der Waals surface area contributed by atoms with Crippen LogP contribution < -0.4 is 10.2 Å². The number of hydrogen-bond donors (Lipinski definition) is 1. The quantitative estimate of drug-likeness (QED) is 0.585. The molecular weight excluding hydrogens is 360 g/mol. The lowest BCUT2D eigenvalue weighted by Gasteiger charge is -2.36. The Morgan fingerprint density at radius 1 is 1.36 bits per heavy atom. The molecule has 140 valence electrons. The molecule has 1 aromatic rings. The van der Waals surface area contributed by atoms with Crippen molar-refractivity contribution >= 4 is 32.5 Å². The second-order valence-electron chi connectivity index (χ2n) is 6.52. The number of piperazine rings is 1. The topological polar surface area (TPSA) is 90.8 Å². The summed E-state index contributed by atoms with van der Waals surface area (Å²) in [5.74, 6) is 2.57. The first-order chi connectivity index (χ1) is 12.0. The Kier molecular flexibility index (Phi) is 5.78. The molecule has 1 unspecified atom stereocenters. The number of nitrogens with one attached hydrogen (secondary N) is 1. The van der Waals surface area contributed by atoms with Gasteiger partial charge in [0.1, 0.15) is 5.82 Å². The molecule has 25 heavy (non-hydrogen) atoms. The third kappa shape index (κ3) is 4.60. The Balaban J connectivity index is 1.49. The Bertz CT molecular complexity index is 709. The maximum absolute atomic E-state index is 11.6. The molecule has 10 heteroatoms. The third-order valence-corrected chi connectivity index (χ3v) is 7.36. The van der Waals surface area contributed by atoms with Crippen LogP contribution in [0, 0.1) is 5.92 Å². The van der Waals surface area contributed by atoms with E-state index in [0.29, 0.717) is 18.1 Å². The van der Waals surface area contributed by atoms with Gasteiger partial charge in [-0.15, -0.1) is 0 Å². The van der Waals surface area contributed by atoms with Gasteiger partial charge in [0.25, 0.3) is 0 Å². The molecule has 0 radical (unpaired) electrons. The highest BCUT2D eigenvalue weighted by Crippen LogP contribution is 2.20. The molecular formula is C15H26N6O2S2. The van der Waals surface area contributed by atoms with Crippen LogP contribution in [0.5, 0.6) is 0 Å². The zero-order valence-electron chi connectivity index (χ0n) is 14.8. The molecule has 2 aliphatic rings. The molecule has 1 aromatic heterocycles. The minimum absolute atomic E-state index is 0.192. The van der Waals surface area contributed by atoms with E-state index in [0.717, 1.165) is 55.9 Å². The predicted molar refractivity (Wildman–Crippen MR) is 101 cm³/mol. The highest BCUT2D eigenvalue weighted by molar-refractivity contribution is 7.91. The molecule has 0 saturated carbocycles. The first kappa shape index (κ1) is 18.4. The molecule has 0 aromatic carbocycles. The molecule has 0 bridgehead atoms. The van der Waals surface area contributed by atoms with Crippen LogP contribution in [0.25, 0.3) is 0 Å². The first-order valence-corrected chi connectivity index (χ1v) is 11.3. The predicted octanol–water partition coefficient (Wildman–Crippen LogP) is 0.233. The van der Waals surface area contributed by atoms with Gasteiger partial charge in [-0.2, -0.15) is 4.37 Å². The lowest BCUT2D eigenvalue weighted by Crippen LogP contribution is -2.53. The minimum Gasteiger partial charge on any atom is -0.356 e. The highest BCUT2D eigenvalue weighted by Gasteiger charge is 2.28. The van der Waals surface area contributed by atoms with Gasteiger partial charge in [0.2, 0.25) is 5.13 Å². The molecule has 2 saturated heterocycles. The zero-order chi connectivity index (χ0) is 17.9. The van der Waals surface area contributed by atoms with Gasteiger partial charge in [0.15, 0.2) is 15.8 Å². The first-order valence-electron chi connectivity index (χ1n) is 8.74.